The van der Waals surface area contributed by atoms with Gasteiger partial charge in [-0.2, -0.15) is 0 Å². The van der Waals surface area contributed by atoms with E-state index in [1.165, 1.54) is 20.3 Å². The van der Waals surface area contributed by atoms with Crippen LogP contribution in [-0.2, 0) is 57.1 Å². The molecule has 3 aliphatic heterocycles. The van der Waals surface area contributed by atoms with Gasteiger partial charge < -0.3 is 58.7 Å². The normalized spacial score (nSPS) is 36.4. The molecule has 2 saturated heterocycles. The number of nitrogens with one attached hydrogen (secondary N) is 1. The number of methoxy groups -OCH3 is 3. The maximum Gasteiger partial charge on any atom is 0.329 e. The van der Waals surface area contributed by atoms with E-state index in [0.717, 1.165) is 10.5 Å². The number of esters is 1. The van der Waals surface area contributed by atoms with Crippen LogP contribution < -0.4 is 5.32 Å². The topological polar surface area (TPSA) is 226 Å². The number of hydrogen-bond acceptors (Lipinski definition) is 15. The lowest BCUT2D eigenvalue weighted by molar-refractivity contribution is -0.302. The monoisotopic (exact) mass is 963 g/mol. The van der Waals surface area contributed by atoms with E-state index >= 15 is 0 Å². The van der Waals surface area contributed by atoms with Crippen LogP contribution in [0.4, 0.5) is 0 Å². The van der Waals surface area contributed by atoms with Crippen LogP contribution in [0.5, 0.6) is 0 Å². The van der Waals surface area contributed by atoms with Gasteiger partial charge in [-0.05, 0) is 108 Å². The number of aliphatic hydroxyl groups is 3. The Morgan fingerprint density at radius 2 is 1.59 bits per heavy atom. The zero-order valence-electron chi connectivity index (χ0n) is 42.0. The smallest absolute Gasteiger partial charge is 0.329 e. The fourth-order valence-electron chi connectivity index (χ4n) is 10.2. The minimum Gasteiger partial charge on any atom is -0.456 e. The highest BCUT2D eigenvalue weighted by atomic mass is 16.7. The van der Waals surface area contributed by atoms with Gasteiger partial charge in [0.2, 0.25) is 11.7 Å². The fourth-order valence-corrected chi connectivity index (χ4v) is 10.2. The molecular formula is C51H82N2O15. The number of cyclic esters (lactones) is 1. The zero-order valence-corrected chi connectivity index (χ0v) is 42.0. The molecule has 3 heterocycles. The van der Waals surface area contributed by atoms with Gasteiger partial charge in [-0.1, -0.05) is 44.6 Å². The standard InChI is InChI=1S/C51H82N2O15/c1-10-65-22-23-66-21-19-52-45(57)16-13-14-37-25-31(2)24-32(3)26-43(63-8)47-44(64-9)28-34(5)51(61,68-47)48(58)49(59)53-20-12-11-15-38(53)50(60)67-46(35(6)40(55)30-41(37)56)33(4)27-36-17-18-39(54)42(29-36)62-7/h13,16,25,27,32,34-40,42-44,46-47,54-55,61H,10-12,14-15,17-24,26,28-30H2,1-9H3,(H,52,57)/b16-13+,31-25+,33-27+/t32-,34+,35+,36-,37+,38-,39+,40-,42+,43-,44-,46+,47+,51+/m0/s1. The molecule has 1 aliphatic carbocycles. The third-order valence-corrected chi connectivity index (χ3v) is 14.2. The van der Waals surface area contributed by atoms with Crippen molar-refractivity contribution in [2.75, 3.05) is 60.8 Å². The molecule has 3 fully saturated rings. The average molecular weight is 963 g/mol. The van der Waals surface area contributed by atoms with Gasteiger partial charge in [0.05, 0.1) is 50.3 Å². The van der Waals surface area contributed by atoms with Crippen molar-refractivity contribution in [1.82, 2.24) is 10.2 Å². The second kappa shape index (κ2) is 27.9. The number of nitrogens with zero attached hydrogens (tertiary/aromatic N) is 1. The number of piperidine rings is 1. The van der Waals surface area contributed by atoms with Gasteiger partial charge in [-0.25, -0.2) is 4.79 Å². The van der Waals surface area contributed by atoms with Crippen LogP contribution in [0.2, 0.25) is 0 Å². The summed E-state index contributed by atoms with van der Waals surface area (Å²) in [5.41, 5.74) is 1.48. The summed E-state index contributed by atoms with van der Waals surface area (Å²) >= 11 is 0. The number of allylic oxidation sites excluding steroid dienone is 4. The molecule has 4 rings (SSSR count). The molecule has 68 heavy (non-hydrogen) atoms. The van der Waals surface area contributed by atoms with Crippen molar-refractivity contribution >= 4 is 29.4 Å². The quantitative estimate of drug-likeness (QED) is 0.0594. The second-order valence-corrected chi connectivity index (χ2v) is 19.5. The van der Waals surface area contributed by atoms with Gasteiger partial charge in [0.1, 0.15) is 24.0 Å². The van der Waals surface area contributed by atoms with Gasteiger partial charge in [0.15, 0.2) is 0 Å². The summed E-state index contributed by atoms with van der Waals surface area (Å²) in [5.74, 6) is -8.80. The lowest BCUT2D eigenvalue weighted by Crippen LogP contribution is -2.64. The molecule has 0 unspecified atom stereocenters. The molecule has 2 bridgehead atoms. The maximum absolute atomic E-state index is 14.5. The van der Waals surface area contributed by atoms with Crippen LogP contribution in [0.1, 0.15) is 112 Å². The Hall–Kier alpha value is -3.39. The van der Waals surface area contributed by atoms with Crippen LogP contribution in [0.25, 0.3) is 0 Å². The van der Waals surface area contributed by atoms with Crippen molar-refractivity contribution in [2.45, 2.75) is 167 Å². The van der Waals surface area contributed by atoms with Gasteiger partial charge in [0.25, 0.3) is 11.7 Å². The maximum atomic E-state index is 14.5. The van der Waals surface area contributed by atoms with Crippen molar-refractivity contribution in [3.05, 3.63) is 35.5 Å². The Morgan fingerprint density at radius 3 is 2.28 bits per heavy atom. The van der Waals surface area contributed by atoms with Crippen LogP contribution in [0.3, 0.4) is 0 Å². The molecule has 17 heteroatoms. The first-order valence-electron chi connectivity index (χ1n) is 24.8. The molecule has 386 valence electrons. The van der Waals surface area contributed by atoms with E-state index in [2.05, 4.69) is 5.32 Å². The summed E-state index contributed by atoms with van der Waals surface area (Å²) in [6.45, 7) is 13.0. The predicted molar refractivity (Wildman–Crippen MR) is 252 cm³/mol. The fraction of sp³-hybridized carbons (Fsp3) is 0.784. The molecule has 14 atom stereocenters. The SMILES string of the molecule is CCOCCOCCNC(=O)/C=C/C[C@@H]1/C=C(\C)C[C@H](C)C[C@H](OC)[C@H]2O[C@@](O)(C(=O)C(=O)N3CCCC[C@H]3C(=O)O[C@H](/C(C)=C/[C@@H]3CC[C@@H](O)[C@H](OC)C3)[C@H](C)[C@@H](O)CC1=O)[C@H](C)C[C@@H]2OC. The molecule has 0 spiro atoms. The lowest BCUT2D eigenvalue weighted by atomic mass is 9.81. The molecule has 4 aliphatic rings. The van der Waals surface area contributed by atoms with Crippen molar-refractivity contribution in [1.29, 1.82) is 0 Å². The van der Waals surface area contributed by atoms with Gasteiger partial charge >= 0.3 is 5.97 Å². The number of hydrogen-bond donors (Lipinski definition) is 4. The number of amides is 2. The molecule has 0 aromatic rings. The number of ketones is 2. The number of fused-ring (bicyclic) bond motifs is 3. The lowest BCUT2D eigenvalue weighted by Gasteiger charge is -2.47. The zero-order chi connectivity index (χ0) is 50.1. The highest BCUT2D eigenvalue weighted by Gasteiger charge is 2.56. The van der Waals surface area contributed by atoms with Crippen LogP contribution >= 0.6 is 0 Å². The van der Waals surface area contributed by atoms with Crippen molar-refractivity contribution in [2.24, 2.45) is 29.6 Å². The van der Waals surface area contributed by atoms with Crippen molar-refractivity contribution < 1.29 is 72.5 Å². The van der Waals surface area contributed by atoms with E-state index in [9.17, 15) is 39.3 Å². The minimum atomic E-state index is -2.55. The summed E-state index contributed by atoms with van der Waals surface area (Å²) < 4.78 is 40.7. The number of rotatable bonds is 15. The molecule has 1 saturated carbocycles. The number of ether oxygens (including phenoxy) is 7. The first-order chi connectivity index (χ1) is 32.4. The highest BCUT2D eigenvalue weighted by Crippen LogP contribution is 2.39. The van der Waals surface area contributed by atoms with Crippen LogP contribution in [0, 0.1) is 29.6 Å². The van der Waals surface area contributed by atoms with E-state index < -0.39 is 90.0 Å². The van der Waals surface area contributed by atoms with E-state index in [-0.39, 0.29) is 62.3 Å². The number of Topliss-reactive ketones (excluding diaryl/α,β-unsaturated/α-hetero) is 2. The van der Waals surface area contributed by atoms with Crippen LogP contribution in [0.15, 0.2) is 35.5 Å². The van der Waals surface area contributed by atoms with E-state index in [1.807, 2.05) is 32.9 Å². The highest BCUT2D eigenvalue weighted by molar-refractivity contribution is 6.39. The number of carbonyl (C=O) groups is 5. The molecular weight excluding hydrogens is 881 g/mol. The molecule has 17 nitrogen and oxygen atoms in total. The molecule has 0 radical (unpaired) electrons. The number of aliphatic hydroxyl groups excluding tert-OH is 2. The third kappa shape index (κ3) is 15.8. The molecule has 0 aromatic carbocycles. The largest absolute Gasteiger partial charge is 0.456 e. The summed E-state index contributed by atoms with van der Waals surface area (Å²) in [6.07, 6.45) is 5.07. The van der Waals surface area contributed by atoms with Gasteiger partial charge in [-0.3, -0.25) is 19.2 Å². The molecule has 2 amide bonds. The van der Waals surface area contributed by atoms with E-state index in [1.54, 1.807) is 34.0 Å². The first kappa shape index (κ1) is 57.2. The van der Waals surface area contributed by atoms with Gasteiger partial charge in [-0.15, -0.1) is 0 Å². The first-order valence-corrected chi connectivity index (χ1v) is 24.8. The molecule has 4 N–H and O–H groups in total. The Bertz CT molecular complexity index is 1750. The third-order valence-electron chi connectivity index (χ3n) is 14.2. The Balaban J connectivity index is 1.73. The Morgan fingerprint density at radius 1 is 0.897 bits per heavy atom. The van der Waals surface area contributed by atoms with E-state index in [4.69, 9.17) is 33.2 Å². The summed E-state index contributed by atoms with van der Waals surface area (Å²) in [4.78, 5) is 71.5. The number of carbonyl (C=O) groups excluding carboxylic acids is 5. The van der Waals surface area contributed by atoms with Crippen molar-refractivity contribution in [3.8, 4) is 0 Å². The summed E-state index contributed by atoms with van der Waals surface area (Å²) in [5, 5.41) is 37.4. The Kier molecular flexibility index (Phi) is 23.4. The minimum absolute atomic E-state index is 0.0549. The summed E-state index contributed by atoms with van der Waals surface area (Å²) in [6, 6.07) is -1.19. The second-order valence-electron chi connectivity index (χ2n) is 19.5. The molecule has 0 aromatic heterocycles. The van der Waals surface area contributed by atoms with Crippen molar-refractivity contribution in [3.63, 3.8) is 0 Å². The Labute approximate surface area is 403 Å². The summed E-state index contributed by atoms with van der Waals surface area (Å²) in [7, 11) is 4.56. The van der Waals surface area contributed by atoms with E-state index in [0.29, 0.717) is 76.9 Å². The van der Waals surface area contributed by atoms with Gasteiger partial charge in [0, 0.05) is 65.2 Å². The predicted octanol–water partition coefficient (Wildman–Crippen LogP) is 4.18. The average Bonchev–Trinajstić information content (AvgIpc) is 3.31. The van der Waals surface area contributed by atoms with Crippen LogP contribution in [-0.4, -0.2) is 165 Å².